The zero-order valence-corrected chi connectivity index (χ0v) is 13.7. The lowest BCUT2D eigenvalue weighted by molar-refractivity contribution is 0.314. The van der Waals surface area contributed by atoms with E-state index in [9.17, 15) is 0 Å². The van der Waals surface area contributed by atoms with Crippen LogP contribution in [0.15, 0.2) is 43.0 Å². The minimum absolute atomic E-state index is 0.182. The van der Waals surface area contributed by atoms with Crippen LogP contribution in [0.2, 0.25) is 0 Å². The highest BCUT2D eigenvalue weighted by Crippen LogP contribution is 2.24. The van der Waals surface area contributed by atoms with Gasteiger partial charge < -0.3 is 10.1 Å². The molecular weight excluding hydrogens is 274 g/mol. The van der Waals surface area contributed by atoms with Gasteiger partial charge in [-0.25, -0.2) is 9.97 Å². The summed E-state index contributed by atoms with van der Waals surface area (Å²) in [5.41, 5.74) is 2.65. The molecule has 4 heteroatoms. The molecule has 22 heavy (non-hydrogen) atoms. The van der Waals surface area contributed by atoms with E-state index in [4.69, 9.17) is 4.74 Å². The highest BCUT2D eigenvalue weighted by Gasteiger charge is 2.12. The van der Waals surface area contributed by atoms with E-state index in [1.807, 2.05) is 24.5 Å². The van der Waals surface area contributed by atoms with Gasteiger partial charge in [0, 0.05) is 18.9 Å². The van der Waals surface area contributed by atoms with E-state index in [2.05, 4.69) is 48.2 Å². The molecule has 1 aromatic heterocycles. The van der Waals surface area contributed by atoms with Crippen molar-refractivity contribution in [1.82, 2.24) is 15.3 Å². The minimum atomic E-state index is 0.182. The molecule has 0 amide bonds. The first-order valence-corrected chi connectivity index (χ1v) is 7.73. The second-order valence-electron chi connectivity index (χ2n) is 6.37. The second kappa shape index (κ2) is 7.90. The van der Waals surface area contributed by atoms with Crippen molar-refractivity contribution in [3.05, 3.63) is 54.1 Å². The van der Waals surface area contributed by atoms with Gasteiger partial charge in [-0.2, -0.15) is 0 Å². The number of benzene rings is 1. The summed E-state index contributed by atoms with van der Waals surface area (Å²) in [6, 6.07) is 8.36. The minimum Gasteiger partial charge on any atom is -0.492 e. The molecule has 118 valence electrons. The van der Waals surface area contributed by atoms with E-state index >= 15 is 0 Å². The van der Waals surface area contributed by atoms with Crippen LogP contribution in [0.3, 0.4) is 0 Å². The maximum absolute atomic E-state index is 5.74. The molecule has 0 bridgehead atoms. The van der Waals surface area contributed by atoms with Gasteiger partial charge in [0.2, 0.25) is 0 Å². The van der Waals surface area contributed by atoms with Crippen molar-refractivity contribution in [3.63, 3.8) is 0 Å². The van der Waals surface area contributed by atoms with Crippen LogP contribution in [0.5, 0.6) is 5.75 Å². The number of ether oxygens (including phenoxy) is 1. The van der Waals surface area contributed by atoms with Gasteiger partial charge in [-0.1, -0.05) is 32.9 Å². The third-order valence-electron chi connectivity index (χ3n) is 3.47. The number of hydrogen-bond donors (Lipinski definition) is 1. The summed E-state index contributed by atoms with van der Waals surface area (Å²) < 4.78 is 5.74. The second-order valence-corrected chi connectivity index (χ2v) is 6.37. The first-order chi connectivity index (χ1) is 10.6. The van der Waals surface area contributed by atoms with Gasteiger partial charge in [-0.15, -0.1) is 0 Å². The van der Waals surface area contributed by atoms with E-state index in [1.54, 1.807) is 6.33 Å². The molecule has 0 aliphatic rings. The summed E-state index contributed by atoms with van der Waals surface area (Å²) in [6.45, 7) is 9.04. The first kappa shape index (κ1) is 16.4. The number of aromatic nitrogens is 2. The fourth-order valence-electron chi connectivity index (χ4n) is 2.11. The van der Waals surface area contributed by atoms with Gasteiger partial charge >= 0.3 is 0 Å². The quantitative estimate of drug-likeness (QED) is 0.798. The maximum Gasteiger partial charge on any atom is 0.119 e. The van der Waals surface area contributed by atoms with Crippen molar-refractivity contribution >= 4 is 0 Å². The van der Waals surface area contributed by atoms with E-state index in [0.29, 0.717) is 6.61 Å². The molecule has 1 N–H and O–H groups in total. The predicted molar refractivity (Wildman–Crippen MR) is 89.2 cm³/mol. The van der Waals surface area contributed by atoms with E-state index in [-0.39, 0.29) is 5.41 Å². The van der Waals surface area contributed by atoms with E-state index in [1.165, 1.54) is 5.56 Å². The summed E-state index contributed by atoms with van der Waals surface area (Å²) in [5.74, 6) is 0.922. The average molecular weight is 299 g/mol. The predicted octanol–water partition coefficient (Wildman–Crippen LogP) is 2.99. The Morgan fingerprint density at radius 2 is 1.68 bits per heavy atom. The Hall–Kier alpha value is -1.94. The largest absolute Gasteiger partial charge is 0.492 e. The third-order valence-corrected chi connectivity index (χ3v) is 3.47. The molecule has 0 spiro atoms. The molecule has 1 aromatic carbocycles. The van der Waals surface area contributed by atoms with Crippen LogP contribution in [0.25, 0.3) is 0 Å². The van der Waals surface area contributed by atoms with Crippen LogP contribution < -0.4 is 10.1 Å². The number of nitrogens with one attached hydrogen (secondary N) is 1. The van der Waals surface area contributed by atoms with Crippen LogP contribution in [0.1, 0.15) is 31.9 Å². The van der Waals surface area contributed by atoms with Crippen LogP contribution in [-0.2, 0) is 11.8 Å². The van der Waals surface area contributed by atoms with Crippen LogP contribution in [0, 0.1) is 0 Å². The maximum atomic E-state index is 5.74. The molecule has 2 rings (SSSR count). The Labute approximate surface area is 133 Å². The topological polar surface area (TPSA) is 47.0 Å². The lowest BCUT2D eigenvalue weighted by Gasteiger charge is -2.19. The standard InChI is InChI=1S/C18H25N3O/c1-18(2,3)16-4-6-17(7-5-16)22-11-10-19-9-8-15-12-20-14-21-13-15/h4-7,12-14,19H,8-11H2,1-3H3. The Balaban J connectivity index is 1.62. The molecule has 4 nitrogen and oxygen atoms in total. The van der Waals surface area contributed by atoms with Crippen molar-refractivity contribution in [2.45, 2.75) is 32.6 Å². The first-order valence-electron chi connectivity index (χ1n) is 7.73. The van der Waals surface area contributed by atoms with Gasteiger partial charge in [0.25, 0.3) is 0 Å². The fourth-order valence-corrected chi connectivity index (χ4v) is 2.11. The highest BCUT2D eigenvalue weighted by atomic mass is 16.5. The number of hydrogen-bond acceptors (Lipinski definition) is 4. The van der Waals surface area contributed by atoms with Gasteiger partial charge in [0.1, 0.15) is 18.7 Å². The molecule has 0 unspecified atom stereocenters. The molecule has 0 saturated carbocycles. The SMILES string of the molecule is CC(C)(C)c1ccc(OCCNCCc2cncnc2)cc1. The lowest BCUT2D eigenvalue weighted by Crippen LogP contribution is -2.23. The van der Waals surface area contributed by atoms with Gasteiger partial charge in [-0.3, -0.25) is 0 Å². The molecule has 0 fully saturated rings. The number of nitrogens with zero attached hydrogens (tertiary/aromatic N) is 2. The lowest BCUT2D eigenvalue weighted by atomic mass is 9.87. The van der Waals surface area contributed by atoms with Crippen molar-refractivity contribution < 1.29 is 4.74 Å². The summed E-state index contributed by atoms with van der Waals surface area (Å²) in [7, 11) is 0. The monoisotopic (exact) mass is 299 g/mol. The average Bonchev–Trinajstić information content (AvgIpc) is 2.51. The van der Waals surface area contributed by atoms with Gasteiger partial charge in [-0.05, 0) is 41.6 Å². The molecule has 0 aliphatic heterocycles. The molecule has 0 saturated heterocycles. The normalized spacial score (nSPS) is 11.4. The zero-order chi connectivity index (χ0) is 15.8. The van der Waals surface area contributed by atoms with Crippen molar-refractivity contribution in [3.8, 4) is 5.75 Å². The van der Waals surface area contributed by atoms with Gasteiger partial charge in [0.15, 0.2) is 0 Å². The molecular formula is C18H25N3O. The number of rotatable bonds is 7. The highest BCUT2D eigenvalue weighted by molar-refractivity contribution is 5.31. The van der Waals surface area contributed by atoms with Crippen LogP contribution in [0.4, 0.5) is 0 Å². The van der Waals surface area contributed by atoms with Crippen LogP contribution >= 0.6 is 0 Å². The Bertz CT molecular complexity index is 547. The van der Waals surface area contributed by atoms with Crippen LogP contribution in [-0.4, -0.2) is 29.7 Å². The summed E-state index contributed by atoms with van der Waals surface area (Å²) in [6.07, 6.45) is 6.18. The Kier molecular flexibility index (Phi) is 5.90. The summed E-state index contributed by atoms with van der Waals surface area (Å²) in [4.78, 5) is 8.00. The van der Waals surface area contributed by atoms with Crippen molar-refractivity contribution in [2.75, 3.05) is 19.7 Å². The Morgan fingerprint density at radius 3 is 2.32 bits per heavy atom. The van der Waals surface area contributed by atoms with E-state index < -0.39 is 0 Å². The molecule has 0 aliphatic carbocycles. The molecule has 1 heterocycles. The Morgan fingerprint density at radius 1 is 1.00 bits per heavy atom. The smallest absolute Gasteiger partial charge is 0.119 e. The van der Waals surface area contributed by atoms with E-state index in [0.717, 1.165) is 30.8 Å². The summed E-state index contributed by atoms with van der Waals surface area (Å²) >= 11 is 0. The van der Waals surface area contributed by atoms with Gasteiger partial charge in [0.05, 0.1) is 0 Å². The molecule has 2 aromatic rings. The fraction of sp³-hybridized carbons (Fsp3) is 0.444. The van der Waals surface area contributed by atoms with Crippen molar-refractivity contribution in [2.24, 2.45) is 0 Å². The molecule has 0 atom stereocenters. The third kappa shape index (κ3) is 5.45. The van der Waals surface area contributed by atoms with Crippen molar-refractivity contribution in [1.29, 1.82) is 0 Å². The molecule has 0 radical (unpaired) electrons. The summed E-state index contributed by atoms with van der Waals surface area (Å²) in [5, 5.41) is 3.36. The zero-order valence-electron chi connectivity index (χ0n) is 13.7.